The molecule has 1 aromatic carbocycles. The molecule has 1 aromatic rings. The van der Waals surface area contributed by atoms with Gasteiger partial charge in [-0.1, -0.05) is 37.3 Å². The monoisotopic (exact) mass is 300 g/mol. The van der Waals surface area contributed by atoms with Crippen LogP contribution < -0.4 is 10.5 Å². The fraction of sp³-hybridized carbons (Fsp3) is 0.462. The Hall–Kier alpha value is -1.44. The Morgan fingerprint density at radius 1 is 1.20 bits per heavy atom. The lowest BCUT2D eigenvalue weighted by atomic mass is 9.95. The maximum absolute atomic E-state index is 12.1. The first-order valence-electron chi connectivity index (χ1n) is 6.27. The van der Waals surface area contributed by atoms with Crippen molar-refractivity contribution < 1.29 is 17.4 Å². The van der Waals surface area contributed by atoms with Crippen LogP contribution in [0, 0.1) is 0 Å². The average Bonchev–Trinajstić information content (AvgIpc) is 2.34. The minimum absolute atomic E-state index is 0.128. The largest absolute Gasteiger partial charge is 0.352 e. The number of hydrogen-bond acceptors (Lipinski definition) is 4. The predicted octanol–water partition coefficient (Wildman–Crippen LogP) is 0.903. The van der Waals surface area contributed by atoms with Crippen LogP contribution in [0.3, 0.4) is 0 Å². The molecular weight excluding hydrogens is 280 g/mol. The Morgan fingerprint density at radius 3 is 2.20 bits per heavy atom. The van der Waals surface area contributed by atoms with Crippen LogP contribution in [0.5, 0.6) is 0 Å². The van der Waals surface area contributed by atoms with Crippen LogP contribution in [0.4, 0.5) is 0 Å². The molecule has 2 unspecified atom stereocenters. The second-order valence-corrected chi connectivity index (χ2v) is 6.05. The van der Waals surface area contributed by atoms with Crippen molar-refractivity contribution in [3.05, 3.63) is 35.9 Å². The summed E-state index contributed by atoms with van der Waals surface area (Å²) in [6, 6.07) is 8.91. The van der Waals surface area contributed by atoms with Crippen molar-refractivity contribution in [1.82, 2.24) is 5.32 Å². The number of hydrogen-bond donors (Lipinski definition) is 2. The van der Waals surface area contributed by atoms with E-state index in [2.05, 4.69) is 5.32 Å². The van der Waals surface area contributed by atoms with Gasteiger partial charge in [-0.15, -0.1) is 0 Å². The first-order chi connectivity index (χ1) is 9.20. The van der Waals surface area contributed by atoms with Crippen molar-refractivity contribution >= 4 is 16.2 Å². The Bertz CT molecular complexity index is 543. The lowest BCUT2D eigenvalue weighted by molar-refractivity contribution is -0.129. The summed E-state index contributed by atoms with van der Waals surface area (Å²) >= 11 is 0. The first kappa shape index (κ1) is 16.6. The zero-order valence-electron chi connectivity index (χ0n) is 11.7. The summed E-state index contributed by atoms with van der Waals surface area (Å²) < 4.78 is 27.0. The van der Waals surface area contributed by atoms with E-state index in [0.29, 0.717) is 0 Å². The summed E-state index contributed by atoms with van der Waals surface area (Å²) in [7, 11) is -4.22. The predicted molar refractivity (Wildman–Crippen MR) is 76.1 cm³/mol. The Balaban J connectivity index is 3.01. The van der Waals surface area contributed by atoms with Gasteiger partial charge in [0, 0.05) is 12.0 Å². The quantitative estimate of drug-likeness (QED) is 0.815. The van der Waals surface area contributed by atoms with Crippen LogP contribution in [-0.2, 0) is 19.3 Å². The van der Waals surface area contributed by atoms with Crippen molar-refractivity contribution in [2.45, 2.75) is 38.8 Å². The Kier molecular flexibility index (Phi) is 5.67. The molecule has 0 heterocycles. The number of amides is 1. The van der Waals surface area contributed by atoms with E-state index in [-0.39, 0.29) is 6.04 Å². The van der Waals surface area contributed by atoms with Gasteiger partial charge in [-0.05, 0) is 19.4 Å². The molecule has 0 fully saturated rings. The van der Waals surface area contributed by atoms with E-state index in [9.17, 15) is 13.2 Å². The van der Waals surface area contributed by atoms with Crippen molar-refractivity contribution in [2.24, 2.45) is 5.14 Å². The third-order valence-electron chi connectivity index (χ3n) is 2.71. The van der Waals surface area contributed by atoms with E-state index in [1.165, 1.54) is 0 Å². The van der Waals surface area contributed by atoms with Gasteiger partial charge in [0.15, 0.2) is 6.10 Å². The zero-order chi connectivity index (χ0) is 15.3. The molecular formula is C13H20N2O4S. The van der Waals surface area contributed by atoms with Crippen LogP contribution >= 0.6 is 0 Å². The normalized spacial score (nSPS) is 14.8. The number of benzene rings is 1. The smallest absolute Gasteiger partial charge is 0.334 e. The van der Waals surface area contributed by atoms with Crippen LogP contribution in [0.15, 0.2) is 30.3 Å². The molecule has 3 N–H and O–H groups in total. The van der Waals surface area contributed by atoms with Crippen molar-refractivity contribution in [3.8, 4) is 0 Å². The molecule has 1 amide bonds. The molecule has 0 saturated heterocycles. The van der Waals surface area contributed by atoms with Gasteiger partial charge in [-0.25, -0.2) is 9.32 Å². The fourth-order valence-electron chi connectivity index (χ4n) is 1.80. The standard InChI is InChI=1S/C13H20N2O4S/c1-9(2)15-13(16)12(19-20(14,17)18)10(3)11-7-5-4-6-8-11/h4-10,12H,1-3H3,(H,15,16)(H2,14,17,18). The molecule has 0 aliphatic heterocycles. The fourth-order valence-corrected chi connectivity index (χ4v) is 2.34. The van der Waals surface area contributed by atoms with Gasteiger partial charge in [0.2, 0.25) is 0 Å². The molecule has 6 nitrogen and oxygen atoms in total. The molecule has 0 spiro atoms. The highest BCUT2D eigenvalue weighted by molar-refractivity contribution is 7.84. The summed E-state index contributed by atoms with van der Waals surface area (Å²) in [5.74, 6) is -0.960. The summed E-state index contributed by atoms with van der Waals surface area (Å²) in [6.07, 6.45) is -1.20. The van der Waals surface area contributed by atoms with Crippen molar-refractivity contribution in [3.63, 3.8) is 0 Å². The average molecular weight is 300 g/mol. The first-order valence-corrected chi connectivity index (χ1v) is 7.74. The van der Waals surface area contributed by atoms with Crippen LogP contribution in [0.25, 0.3) is 0 Å². The number of carbonyl (C=O) groups excluding carboxylic acids is 1. The molecule has 0 saturated carbocycles. The minimum Gasteiger partial charge on any atom is -0.352 e. The molecule has 0 aliphatic carbocycles. The van der Waals surface area contributed by atoms with Gasteiger partial charge in [0.1, 0.15) is 0 Å². The summed E-state index contributed by atoms with van der Waals surface area (Å²) in [5, 5.41) is 7.52. The van der Waals surface area contributed by atoms with E-state index in [1.54, 1.807) is 45.0 Å². The van der Waals surface area contributed by atoms with Crippen molar-refractivity contribution in [2.75, 3.05) is 0 Å². The molecule has 2 atom stereocenters. The van der Waals surface area contributed by atoms with Crippen LogP contribution in [0.2, 0.25) is 0 Å². The van der Waals surface area contributed by atoms with E-state index < -0.39 is 28.2 Å². The maximum atomic E-state index is 12.1. The summed E-state index contributed by atoms with van der Waals surface area (Å²) in [5.41, 5.74) is 0.792. The highest BCUT2D eigenvalue weighted by atomic mass is 32.2. The summed E-state index contributed by atoms with van der Waals surface area (Å²) in [6.45, 7) is 5.27. The number of nitrogens with two attached hydrogens (primary N) is 1. The van der Waals surface area contributed by atoms with E-state index in [1.807, 2.05) is 6.07 Å². The zero-order valence-corrected chi connectivity index (χ0v) is 12.6. The van der Waals surface area contributed by atoms with E-state index >= 15 is 0 Å². The van der Waals surface area contributed by atoms with Gasteiger partial charge in [-0.3, -0.25) is 4.79 Å². The van der Waals surface area contributed by atoms with Gasteiger partial charge in [0.05, 0.1) is 0 Å². The number of rotatable bonds is 6. The third-order valence-corrected chi connectivity index (χ3v) is 3.18. The van der Waals surface area contributed by atoms with Gasteiger partial charge in [0.25, 0.3) is 5.91 Å². The topological polar surface area (TPSA) is 98.5 Å². The third kappa shape index (κ3) is 5.28. The molecule has 20 heavy (non-hydrogen) atoms. The van der Waals surface area contributed by atoms with Crippen LogP contribution in [-0.4, -0.2) is 26.5 Å². The lowest BCUT2D eigenvalue weighted by Crippen LogP contribution is -2.44. The molecule has 112 valence electrons. The van der Waals surface area contributed by atoms with Gasteiger partial charge in [-0.2, -0.15) is 8.42 Å². The lowest BCUT2D eigenvalue weighted by Gasteiger charge is -2.23. The molecule has 7 heteroatoms. The van der Waals surface area contributed by atoms with Crippen molar-refractivity contribution in [1.29, 1.82) is 0 Å². The van der Waals surface area contributed by atoms with Gasteiger partial charge >= 0.3 is 10.3 Å². The highest BCUT2D eigenvalue weighted by Crippen LogP contribution is 2.22. The number of nitrogens with one attached hydrogen (secondary N) is 1. The Morgan fingerprint density at radius 2 is 1.75 bits per heavy atom. The van der Waals surface area contributed by atoms with E-state index in [0.717, 1.165) is 5.56 Å². The van der Waals surface area contributed by atoms with Crippen LogP contribution in [0.1, 0.15) is 32.3 Å². The minimum atomic E-state index is -4.22. The second-order valence-electron chi connectivity index (χ2n) is 4.87. The highest BCUT2D eigenvalue weighted by Gasteiger charge is 2.31. The molecule has 0 aromatic heterocycles. The van der Waals surface area contributed by atoms with E-state index in [4.69, 9.17) is 9.32 Å². The molecule has 0 bridgehead atoms. The summed E-state index contributed by atoms with van der Waals surface area (Å²) in [4.78, 5) is 12.1. The maximum Gasteiger partial charge on any atom is 0.334 e. The molecule has 0 radical (unpaired) electrons. The molecule has 1 rings (SSSR count). The second kappa shape index (κ2) is 6.83. The SMILES string of the molecule is CC(C)NC(=O)C(OS(N)(=O)=O)C(C)c1ccccc1. The van der Waals surface area contributed by atoms with Gasteiger partial charge < -0.3 is 5.32 Å². The number of carbonyl (C=O) groups is 1. The Labute approximate surface area is 119 Å². The molecule has 0 aliphatic rings.